The zero-order valence-electron chi connectivity index (χ0n) is 32.3. The van der Waals surface area contributed by atoms with Gasteiger partial charge >= 0.3 is 18.0 Å². The minimum absolute atomic E-state index is 0.0416. The molecule has 4 aliphatic rings. The molecule has 3 heterocycles. The molecule has 0 saturated carbocycles. The fourth-order valence-corrected chi connectivity index (χ4v) is 6.89. The van der Waals surface area contributed by atoms with E-state index >= 15 is 0 Å². The third kappa shape index (κ3) is 10.2. The lowest BCUT2D eigenvalue weighted by Gasteiger charge is -2.41. The molecule has 0 spiro atoms. The van der Waals surface area contributed by atoms with Crippen LogP contribution in [0.4, 0.5) is 10.5 Å². The fraction of sp³-hybridized carbons (Fsp3) is 0.237. The van der Waals surface area contributed by atoms with Crippen molar-refractivity contribution in [2.24, 2.45) is 5.73 Å². The second kappa shape index (κ2) is 18.7. The van der Waals surface area contributed by atoms with E-state index in [1.165, 1.54) is 35.3 Å². The fourth-order valence-electron chi connectivity index (χ4n) is 6.71. The second-order valence-electron chi connectivity index (χ2n) is 13.7. The second-order valence-corrected chi connectivity index (χ2v) is 14.1. The number of fused-ring (bicyclic) bond motifs is 2. The van der Waals surface area contributed by atoms with Crippen molar-refractivity contribution in [3.8, 4) is 28.2 Å². The number of carboxylic acid groups (broad SMARTS) is 2. The van der Waals surface area contributed by atoms with Gasteiger partial charge in [-0.05, 0) is 60.3 Å². The summed E-state index contributed by atoms with van der Waals surface area (Å²) >= 11 is 5.44. The summed E-state index contributed by atoms with van der Waals surface area (Å²) in [5.74, 6) is -4.55. The molecular formula is C38H40N10O13S. The van der Waals surface area contributed by atoms with Crippen molar-refractivity contribution in [3.63, 3.8) is 0 Å². The molecule has 0 unspecified atom stereocenters. The molecule has 15 N–H and O–H groups in total. The number of aliphatic carboxylic acids is 1. The molecule has 6 rings (SSSR count). The minimum Gasteiger partial charge on any atom is -0.508 e. The van der Waals surface area contributed by atoms with E-state index < -0.39 is 72.7 Å². The number of thiocarbonyl (C=S) groups is 1. The molecule has 1 aliphatic carbocycles. The van der Waals surface area contributed by atoms with Crippen LogP contribution in [0.2, 0.25) is 0 Å². The summed E-state index contributed by atoms with van der Waals surface area (Å²) in [7, 11) is 0. The number of phenols is 1. The number of aliphatic hydroxyl groups excluding tert-OH is 2. The van der Waals surface area contributed by atoms with Gasteiger partial charge in [0.25, 0.3) is 0 Å². The topological polar surface area (TPSA) is 355 Å². The Labute approximate surface area is 354 Å². The first kappa shape index (κ1) is 43.9. The monoisotopic (exact) mass is 876 g/mol. The van der Waals surface area contributed by atoms with E-state index in [0.29, 0.717) is 33.5 Å². The number of carbonyl (C=O) groups is 4. The number of nitrogens with two attached hydrogens (primary N) is 1. The van der Waals surface area contributed by atoms with Crippen LogP contribution in [-0.4, -0.2) is 116 Å². The molecule has 0 saturated heterocycles. The van der Waals surface area contributed by atoms with Crippen LogP contribution in [0.15, 0.2) is 87.5 Å². The number of nitrogens with one attached hydrogen (secondary N) is 8. The Balaban J connectivity index is 1.08. The maximum Gasteiger partial charge on any atom is 0.407 e. The lowest BCUT2D eigenvalue weighted by atomic mass is 9.90. The number of benzene rings is 3. The standard InChI is InChI=1S/C38H40N10O13S/c1-16(50)43-31-25(45-36(39)40)11-29(35(56)57)60-33(31)32(26(53)14-49)61-38(58)41-12-18-13-48(47-46-18)15-42-37(62)44-17-2-5-21(24(8-17)34(54)55)30-22-6-3-19(51)9-27(22)59-28-10-20(52)4-7-23(28)30/h2-11,13,25-26,31-33,46-47,49,51,53H,12,14-15H2,1H3,(H,41,58)(H,43,50)(H,54,55)(H,56,57)(H4,39,40,45)(H2,42,44,62)/t25-,26+,31+,32+,33+/m0/s1. The number of amides is 2. The summed E-state index contributed by atoms with van der Waals surface area (Å²) < 4.78 is 16.8. The van der Waals surface area contributed by atoms with E-state index in [1.807, 2.05) is 0 Å². The van der Waals surface area contributed by atoms with E-state index in [0.717, 1.165) is 13.0 Å². The highest BCUT2D eigenvalue weighted by molar-refractivity contribution is 7.80. The molecule has 3 aliphatic heterocycles. The highest BCUT2D eigenvalue weighted by Crippen LogP contribution is 2.42. The lowest BCUT2D eigenvalue weighted by Crippen LogP contribution is -2.65. The molecule has 23 nitrogen and oxygen atoms in total. The van der Waals surface area contributed by atoms with Crippen molar-refractivity contribution >= 4 is 63.9 Å². The predicted octanol–water partition coefficient (Wildman–Crippen LogP) is -0.450. The number of carboxylic acids is 2. The van der Waals surface area contributed by atoms with Crippen LogP contribution >= 0.6 is 12.2 Å². The van der Waals surface area contributed by atoms with Gasteiger partial charge in [-0.1, -0.05) is 6.07 Å². The molecular weight excluding hydrogens is 837 g/mol. The molecule has 0 aromatic heterocycles. The van der Waals surface area contributed by atoms with Crippen LogP contribution < -0.4 is 48.7 Å². The number of carbonyl (C=O) groups excluding carboxylic acids is 2. The average Bonchev–Trinajstić information content (AvgIpc) is 3.68. The quantitative estimate of drug-likeness (QED) is 0.0330. The van der Waals surface area contributed by atoms with E-state index in [-0.39, 0.29) is 46.4 Å². The summed E-state index contributed by atoms with van der Waals surface area (Å²) in [6, 6.07) is 10.8. The van der Waals surface area contributed by atoms with Gasteiger partial charge in [-0.3, -0.25) is 20.0 Å². The van der Waals surface area contributed by atoms with Crippen LogP contribution in [0.5, 0.6) is 5.75 Å². The van der Waals surface area contributed by atoms with E-state index in [9.17, 15) is 49.5 Å². The highest BCUT2D eigenvalue weighted by Gasteiger charge is 2.46. The van der Waals surface area contributed by atoms with Gasteiger partial charge in [-0.2, -0.15) is 0 Å². The number of guanidine groups is 1. The average molecular weight is 877 g/mol. The smallest absolute Gasteiger partial charge is 0.407 e. The first-order valence-electron chi connectivity index (χ1n) is 18.3. The molecule has 5 atom stereocenters. The highest BCUT2D eigenvalue weighted by atomic mass is 32.1. The van der Waals surface area contributed by atoms with Crippen LogP contribution in [0.3, 0.4) is 0 Å². The van der Waals surface area contributed by atoms with Crippen molar-refractivity contribution in [1.82, 2.24) is 37.2 Å². The van der Waals surface area contributed by atoms with E-state index in [1.54, 1.807) is 30.5 Å². The van der Waals surface area contributed by atoms with E-state index in [2.05, 4.69) is 37.5 Å². The van der Waals surface area contributed by atoms with Gasteiger partial charge in [0.05, 0.1) is 36.5 Å². The summed E-state index contributed by atoms with van der Waals surface area (Å²) in [5, 5.41) is 73.5. The largest absolute Gasteiger partial charge is 0.508 e. The number of aliphatic hydroxyl groups is 2. The summed E-state index contributed by atoms with van der Waals surface area (Å²) in [6.07, 6.45) is -3.72. The Morgan fingerprint density at radius 2 is 1.79 bits per heavy atom. The molecule has 62 heavy (non-hydrogen) atoms. The van der Waals surface area contributed by atoms with Crippen molar-refractivity contribution in [2.75, 3.05) is 25.1 Å². The number of aromatic carboxylic acids is 1. The minimum atomic E-state index is -1.82. The number of ether oxygens (including phenoxy) is 2. The van der Waals surface area contributed by atoms with Gasteiger partial charge in [0.15, 0.2) is 28.7 Å². The number of alkyl carbamates (subject to hydrolysis) is 1. The van der Waals surface area contributed by atoms with E-state index in [4.69, 9.17) is 37.3 Å². The number of aromatic hydroxyl groups is 1. The molecule has 326 valence electrons. The third-order valence-corrected chi connectivity index (χ3v) is 9.58. The zero-order valence-corrected chi connectivity index (χ0v) is 33.1. The number of phenolic OH excluding ortho intramolecular Hbond substituents is 1. The van der Waals surface area contributed by atoms with Gasteiger partial charge in [0, 0.05) is 47.5 Å². The number of hydrogen-bond acceptors (Lipinski definition) is 16. The van der Waals surface area contributed by atoms with Crippen molar-refractivity contribution in [2.45, 2.75) is 37.3 Å². The maximum absolute atomic E-state index is 13.0. The first-order chi connectivity index (χ1) is 29.5. The SMILES string of the molecule is CC(=O)N[C@H]1[C@H]([C@H](OC(=O)NCC2=CN(CNC(=S)Nc3ccc(-c4c5ccc(=O)cc-5oc5cc(O)ccc45)c(C(=O)O)c3)NN2)[C@H](O)CO)OC(C(=O)O)=C[C@@H]1NC(=N)N. The Kier molecular flexibility index (Phi) is 13.3. The Morgan fingerprint density at radius 1 is 1.03 bits per heavy atom. The molecule has 0 bridgehead atoms. The lowest BCUT2D eigenvalue weighted by molar-refractivity contribution is -0.146. The number of rotatable bonds is 14. The molecule has 0 fully saturated rings. The Bertz CT molecular complexity index is 2530. The van der Waals surface area contributed by atoms with Gasteiger partial charge in [0.1, 0.15) is 29.9 Å². The molecule has 0 radical (unpaired) electrons. The first-order valence-corrected chi connectivity index (χ1v) is 18.8. The van der Waals surface area contributed by atoms with Crippen molar-refractivity contribution < 1.29 is 58.6 Å². The molecule has 2 amide bonds. The third-order valence-electron chi connectivity index (χ3n) is 9.33. The van der Waals surface area contributed by atoms with Gasteiger partial charge in [-0.15, -0.1) is 5.53 Å². The van der Waals surface area contributed by atoms with Crippen LogP contribution in [0, 0.1) is 5.41 Å². The van der Waals surface area contributed by atoms with Gasteiger partial charge in [0.2, 0.25) is 11.7 Å². The van der Waals surface area contributed by atoms with Crippen molar-refractivity contribution in [3.05, 3.63) is 94.1 Å². The molecule has 2 aromatic rings. The summed E-state index contributed by atoms with van der Waals surface area (Å²) in [4.78, 5) is 61.7. The van der Waals surface area contributed by atoms with Gasteiger partial charge < -0.3 is 77.2 Å². The summed E-state index contributed by atoms with van der Waals surface area (Å²) in [6.45, 7) is 0.0404. The Hall–Kier alpha value is -7.67. The molecule has 2 aromatic carbocycles. The molecule has 24 heteroatoms. The summed E-state index contributed by atoms with van der Waals surface area (Å²) in [5.41, 5.74) is 12.9. The normalized spacial score (nSPS) is 17.9. The zero-order chi connectivity index (χ0) is 44.8. The number of nitrogens with zero attached hydrogens (tertiary/aromatic N) is 1. The number of hydrazine groups is 2. The number of hydrogen-bond donors (Lipinski definition) is 14. The van der Waals surface area contributed by atoms with Crippen LogP contribution in [0.25, 0.3) is 33.4 Å². The van der Waals surface area contributed by atoms with Crippen LogP contribution in [-0.2, 0) is 19.1 Å². The Morgan fingerprint density at radius 3 is 2.48 bits per heavy atom. The van der Waals surface area contributed by atoms with Gasteiger partial charge in [-0.25, -0.2) is 14.4 Å². The number of anilines is 1. The van der Waals surface area contributed by atoms with Crippen molar-refractivity contribution in [1.29, 1.82) is 5.41 Å². The predicted molar refractivity (Wildman–Crippen MR) is 222 cm³/mol. The maximum atomic E-state index is 13.0. The van der Waals surface area contributed by atoms with Crippen LogP contribution in [0.1, 0.15) is 17.3 Å².